The van der Waals surface area contributed by atoms with Gasteiger partial charge in [-0.15, -0.1) is 0 Å². The van der Waals surface area contributed by atoms with Crippen LogP contribution in [0.5, 0.6) is 11.6 Å². The van der Waals surface area contributed by atoms with Crippen LogP contribution in [0.15, 0.2) is 73.1 Å². The predicted octanol–water partition coefficient (Wildman–Crippen LogP) is 5.46. The molecular formula is C24H18F4N4O2. The predicted molar refractivity (Wildman–Crippen MR) is 115 cm³/mol. The third-order valence-electron chi connectivity index (χ3n) is 4.85. The van der Waals surface area contributed by atoms with E-state index in [1.54, 1.807) is 18.2 Å². The molecule has 0 bridgehead atoms. The summed E-state index contributed by atoms with van der Waals surface area (Å²) < 4.78 is 60.5. The van der Waals surface area contributed by atoms with Gasteiger partial charge >= 0.3 is 6.18 Å². The number of hydrogen-bond donors (Lipinski definition) is 1. The smallest absolute Gasteiger partial charge is 0.434 e. The van der Waals surface area contributed by atoms with Crippen LogP contribution in [-0.4, -0.2) is 20.7 Å². The molecule has 34 heavy (non-hydrogen) atoms. The highest BCUT2D eigenvalue weighted by atomic mass is 19.4. The monoisotopic (exact) mass is 470 g/mol. The molecule has 0 radical (unpaired) electrons. The minimum Gasteiger partial charge on any atom is -0.439 e. The molecule has 0 aliphatic carbocycles. The quantitative estimate of drug-likeness (QED) is 0.380. The number of amides is 1. The first-order valence-corrected chi connectivity index (χ1v) is 10.1. The summed E-state index contributed by atoms with van der Waals surface area (Å²) in [7, 11) is 0. The molecule has 1 N–H and O–H groups in total. The van der Waals surface area contributed by atoms with Crippen LogP contribution in [0.25, 0.3) is 5.69 Å². The van der Waals surface area contributed by atoms with E-state index in [0.717, 1.165) is 11.8 Å². The van der Waals surface area contributed by atoms with Crippen molar-refractivity contribution in [3.63, 3.8) is 0 Å². The number of nitrogens with one attached hydrogen (secondary N) is 1. The van der Waals surface area contributed by atoms with E-state index in [0.29, 0.717) is 16.0 Å². The number of ether oxygens (including phenoxy) is 1. The number of benzene rings is 2. The Morgan fingerprint density at radius 3 is 2.32 bits per heavy atom. The van der Waals surface area contributed by atoms with Crippen molar-refractivity contribution in [1.82, 2.24) is 20.1 Å². The van der Waals surface area contributed by atoms with Crippen LogP contribution in [0.3, 0.4) is 0 Å². The van der Waals surface area contributed by atoms with E-state index >= 15 is 0 Å². The second kappa shape index (κ2) is 9.34. The lowest BCUT2D eigenvalue weighted by Gasteiger charge is -2.13. The summed E-state index contributed by atoms with van der Waals surface area (Å²) in [6.45, 7) is 1.75. The molecular weight excluding hydrogens is 452 g/mol. The van der Waals surface area contributed by atoms with Crippen molar-refractivity contribution >= 4 is 5.91 Å². The molecule has 0 aliphatic heterocycles. The molecule has 4 rings (SSSR count). The Bertz CT molecular complexity index is 1280. The van der Waals surface area contributed by atoms with Gasteiger partial charge in [-0.3, -0.25) is 4.79 Å². The number of rotatable bonds is 6. The van der Waals surface area contributed by atoms with E-state index in [1.807, 2.05) is 6.92 Å². The zero-order valence-electron chi connectivity index (χ0n) is 17.8. The number of hydrogen-bond acceptors (Lipinski definition) is 4. The molecule has 0 spiro atoms. The van der Waals surface area contributed by atoms with Crippen LogP contribution < -0.4 is 10.1 Å². The van der Waals surface area contributed by atoms with E-state index in [9.17, 15) is 22.4 Å². The van der Waals surface area contributed by atoms with Crippen LogP contribution in [0.4, 0.5) is 17.6 Å². The second-order valence-electron chi connectivity index (χ2n) is 7.40. The number of aryl methyl sites for hydroxylation is 1. The summed E-state index contributed by atoms with van der Waals surface area (Å²) in [6.07, 6.45) is -2.48. The Morgan fingerprint density at radius 2 is 1.71 bits per heavy atom. The van der Waals surface area contributed by atoms with Crippen LogP contribution in [-0.2, 0) is 12.7 Å². The van der Waals surface area contributed by atoms with Gasteiger partial charge in [0.15, 0.2) is 5.69 Å². The number of halogens is 4. The maximum Gasteiger partial charge on any atom is 0.434 e. The molecule has 0 saturated carbocycles. The first kappa shape index (κ1) is 23.0. The normalized spacial score (nSPS) is 11.3. The minimum atomic E-state index is -4.80. The Morgan fingerprint density at radius 1 is 1.00 bits per heavy atom. The van der Waals surface area contributed by atoms with Crippen molar-refractivity contribution in [3.05, 3.63) is 101 Å². The lowest BCUT2D eigenvalue weighted by atomic mass is 10.2. The molecule has 2 heterocycles. The third kappa shape index (κ3) is 5.22. The van der Waals surface area contributed by atoms with Crippen molar-refractivity contribution in [2.75, 3.05) is 0 Å². The molecule has 2 aromatic heterocycles. The highest BCUT2D eigenvalue weighted by molar-refractivity contribution is 5.95. The number of carbonyl (C=O) groups excluding carboxylic acids is 1. The van der Waals surface area contributed by atoms with Gasteiger partial charge in [0.05, 0.1) is 17.4 Å². The molecule has 0 saturated heterocycles. The largest absolute Gasteiger partial charge is 0.439 e. The number of alkyl halides is 3. The average Bonchev–Trinajstić information content (AvgIpc) is 3.26. The molecule has 0 fully saturated rings. The topological polar surface area (TPSA) is 69.0 Å². The summed E-state index contributed by atoms with van der Waals surface area (Å²) in [5.41, 5.74) is -0.130. The third-order valence-corrected chi connectivity index (χ3v) is 4.85. The van der Waals surface area contributed by atoms with Gasteiger partial charge in [-0.25, -0.2) is 14.1 Å². The molecule has 0 atom stereocenters. The number of pyridine rings is 1. The summed E-state index contributed by atoms with van der Waals surface area (Å²) in [4.78, 5) is 16.7. The summed E-state index contributed by atoms with van der Waals surface area (Å²) in [5, 5.41) is 6.26. The molecule has 6 nitrogen and oxygen atoms in total. The van der Waals surface area contributed by atoms with Gasteiger partial charge in [0.25, 0.3) is 5.91 Å². The van der Waals surface area contributed by atoms with Crippen molar-refractivity contribution in [3.8, 4) is 17.3 Å². The fourth-order valence-corrected chi connectivity index (χ4v) is 3.15. The molecule has 0 unspecified atom stereocenters. The first-order chi connectivity index (χ1) is 16.2. The Kier molecular flexibility index (Phi) is 6.31. The summed E-state index contributed by atoms with van der Waals surface area (Å²) in [5.74, 6) is -0.692. The zero-order chi connectivity index (χ0) is 24.3. The SMILES string of the molecule is Cc1ccc(-n2ncc(C(=O)NCc3ccc(Oc4ccc(F)cc4)nc3)c2C(F)(F)F)cc1. The van der Waals surface area contributed by atoms with E-state index in [4.69, 9.17) is 4.74 Å². The molecule has 2 aromatic carbocycles. The minimum absolute atomic E-state index is 0.0599. The van der Waals surface area contributed by atoms with Gasteiger partial charge in [-0.2, -0.15) is 18.3 Å². The summed E-state index contributed by atoms with van der Waals surface area (Å²) >= 11 is 0. The molecule has 4 aromatic rings. The maximum absolute atomic E-state index is 13.8. The fourth-order valence-electron chi connectivity index (χ4n) is 3.15. The highest BCUT2D eigenvalue weighted by Gasteiger charge is 2.40. The van der Waals surface area contributed by atoms with E-state index < -0.39 is 29.2 Å². The lowest BCUT2D eigenvalue weighted by molar-refractivity contribution is -0.143. The average molecular weight is 470 g/mol. The van der Waals surface area contributed by atoms with Crippen LogP contribution in [0.1, 0.15) is 27.2 Å². The van der Waals surface area contributed by atoms with Gasteiger partial charge in [0, 0.05) is 18.8 Å². The fraction of sp³-hybridized carbons (Fsp3) is 0.125. The lowest BCUT2D eigenvalue weighted by Crippen LogP contribution is -2.26. The zero-order valence-corrected chi connectivity index (χ0v) is 17.8. The Balaban J connectivity index is 1.46. The van der Waals surface area contributed by atoms with Crippen LogP contribution in [0, 0.1) is 12.7 Å². The van der Waals surface area contributed by atoms with Crippen LogP contribution >= 0.6 is 0 Å². The van der Waals surface area contributed by atoms with Gasteiger partial charge in [-0.1, -0.05) is 23.8 Å². The standard InChI is InChI=1S/C24H18F4N4O2/c1-15-2-7-18(8-3-15)32-22(24(26,27)28)20(14-31-32)23(33)30-13-16-4-11-21(29-12-16)34-19-9-5-17(25)6-10-19/h2-12,14H,13H2,1H3,(H,30,33). The van der Waals surface area contributed by atoms with E-state index in [2.05, 4.69) is 15.4 Å². The van der Waals surface area contributed by atoms with Crippen molar-refractivity contribution in [2.45, 2.75) is 19.6 Å². The highest BCUT2D eigenvalue weighted by Crippen LogP contribution is 2.33. The van der Waals surface area contributed by atoms with Gasteiger partial charge in [0.2, 0.25) is 5.88 Å². The van der Waals surface area contributed by atoms with E-state index in [1.165, 1.54) is 48.7 Å². The van der Waals surface area contributed by atoms with Gasteiger partial charge in [0.1, 0.15) is 11.6 Å². The van der Waals surface area contributed by atoms with Gasteiger partial charge in [-0.05, 0) is 48.9 Å². The molecule has 10 heteroatoms. The number of aromatic nitrogens is 3. The first-order valence-electron chi connectivity index (χ1n) is 10.1. The van der Waals surface area contributed by atoms with Crippen molar-refractivity contribution in [2.24, 2.45) is 0 Å². The molecule has 0 aliphatic rings. The second-order valence-corrected chi connectivity index (χ2v) is 7.40. The Hall–Kier alpha value is -4.21. The van der Waals surface area contributed by atoms with Crippen molar-refractivity contribution in [1.29, 1.82) is 0 Å². The molecule has 1 amide bonds. The van der Waals surface area contributed by atoms with Crippen LogP contribution in [0.2, 0.25) is 0 Å². The molecule has 174 valence electrons. The van der Waals surface area contributed by atoms with Gasteiger partial charge < -0.3 is 10.1 Å². The number of nitrogens with zero attached hydrogens (tertiary/aromatic N) is 3. The maximum atomic E-state index is 13.8. The number of carbonyl (C=O) groups is 1. The Labute approximate surface area is 191 Å². The van der Waals surface area contributed by atoms with E-state index in [-0.39, 0.29) is 18.1 Å². The summed E-state index contributed by atoms with van der Waals surface area (Å²) in [6, 6.07) is 14.8. The van der Waals surface area contributed by atoms with Crippen molar-refractivity contribution < 1.29 is 27.1 Å².